The van der Waals surface area contributed by atoms with E-state index in [1.54, 1.807) is 7.11 Å². The van der Waals surface area contributed by atoms with Crippen LogP contribution < -0.4 is 10.1 Å². The SMILES string of the molecule is COc1cccc2c1C(C)C(N1CCNCC1)CC2. The molecule has 3 rings (SSSR count). The number of fused-ring (bicyclic) bond motifs is 1. The number of aryl methyl sites for hydroxylation is 1. The average molecular weight is 260 g/mol. The molecule has 1 aromatic rings. The Bertz CT molecular complexity index is 426. The molecule has 2 unspecified atom stereocenters. The second kappa shape index (κ2) is 5.51. The first-order valence-electron chi connectivity index (χ1n) is 7.42. The Morgan fingerprint density at radius 3 is 2.79 bits per heavy atom. The fourth-order valence-corrected chi connectivity index (χ4v) is 3.76. The molecule has 0 spiro atoms. The normalized spacial score (nSPS) is 27.9. The molecule has 2 aliphatic rings. The third-order valence-electron chi connectivity index (χ3n) is 4.74. The van der Waals surface area contributed by atoms with Crippen molar-refractivity contribution < 1.29 is 4.74 Å². The molecule has 104 valence electrons. The van der Waals surface area contributed by atoms with Crippen molar-refractivity contribution in [1.29, 1.82) is 0 Å². The minimum atomic E-state index is 0.568. The molecule has 1 aliphatic heterocycles. The van der Waals surface area contributed by atoms with E-state index < -0.39 is 0 Å². The van der Waals surface area contributed by atoms with Crippen LogP contribution in [0.2, 0.25) is 0 Å². The first kappa shape index (κ1) is 12.9. The van der Waals surface area contributed by atoms with Gasteiger partial charge in [-0.15, -0.1) is 0 Å². The minimum absolute atomic E-state index is 0.568. The lowest BCUT2D eigenvalue weighted by Gasteiger charge is -2.42. The maximum atomic E-state index is 5.59. The van der Waals surface area contributed by atoms with Crippen molar-refractivity contribution in [3.63, 3.8) is 0 Å². The summed E-state index contributed by atoms with van der Waals surface area (Å²) in [6, 6.07) is 7.17. The highest BCUT2D eigenvalue weighted by atomic mass is 16.5. The molecule has 1 fully saturated rings. The van der Waals surface area contributed by atoms with Gasteiger partial charge in [-0.25, -0.2) is 0 Å². The van der Waals surface area contributed by atoms with E-state index in [4.69, 9.17) is 4.74 Å². The lowest BCUT2D eigenvalue weighted by Crippen LogP contribution is -2.51. The summed E-state index contributed by atoms with van der Waals surface area (Å²) >= 11 is 0. The Balaban J connectivity index is 1.87. The van der Waals surface area contributed by atoms with Crippen LogP contribution in [0.4, 0.5) is 0 Å². The zero-order valence-corrected chi connectivity index (χ0v) is 12.0. The van der Waals surface area contributed by atoms with Crippen LogP contribution in [0.5, 0.6) is 5.75 Å². The summed E-state index contributed by atoms with van der Waals surface area (Å²) in [4.78, 5) is 2.66. The molecule has 3 nitrogen and oxygen atoms in total. The molecule has 1 N–H and O–H groups in total. The third-order valence-corrected chi connectivity index (χ3v) is 4.74. The number of rotatable bonds is 2. The summed E-state index contributed by atoms with van der Waals surface area (Å²) < 4.78 is 5.59. The van der Waals surface area contributed by atoms with Crippen molar-refractivity contribution in [2.45, 2.75) is 31.7 Å². The Hall–Kier alpha value is -1.06. The molecular formula is C16H24N2O. The fourth-order valence-electron chi connectivity index (χ4n) is 3.76. The lowest BCUT2D eigenvalue weighted by atomic mass is 9.79. The predicted octanol–water partition coefficient (Wildman–Crippen LogP) is 2.02. The molecule has 1 aromatic carbocycles. The van der Waals surface area contributed by atoms with E-state index in [0.717, 1.165) is 18.8 Å². The number of hydrogen-bond acceptors (Lipinski definition) is 3. The van der Waals surface area contributed by atoms with Crippen molar-refractivity contribution in [3.8, 4) is 5.75 Å². The van der Waals surface area contributed by atoms with Crippen LogP contribution in [0.25, 0.3) is 0 Å². The van der Waals surface area contributed by atoms with Crippen molar-refractivity contribution in [3.05, 3.63) is 29.3 Å². The molecule has 1 saturated heterocycles. The second-order valence-electron chi connectivity index (χ2n) is 5.71. The third kappa shape index (κ3) is 2.37. The topological polar surface area (TPSA) is 24.5 Å². The van der Waals surface area contributed by atoms with Crippen LogP contribution in [0, 0.1) is 0 Å². The Kier molecular flexibility index (Phi) is 3.76. The molecule has 0 saturated carbocycles. The van der Waals surface area contributed by atoms with Gasteiger partial charge in [-0.05, 0) is 24.5 Å². The maximum Gasteiger partial charge on any atom is 0.122 e. The van der Waals surface area contributed by atoms with Gasteiger partial charge in [0, 0.05) is 43.7 Å². The number of piperazine rings is 1. The van der Waals surface area contributed by atoms with E-state index >= 15 is 0 Å². The van der Waals surface area contributed by atoms with E-state index in [1.807, 2.05) is 0 Å². The Morgan fingerprint density at radius 1 is 1.26 bits per heavy atom. The van der Waals surface area contributed by atoms with Gasteiger partial charge in [0.15, 0.2) is 0 Å². The van der Waals surface area contributed by atoms with Gasteiger partial charge >= 0.3 is 0 Å². The molecule has 19 heavy (non-hydrogen) atoms. The standard InChI is InChI=1S/C16H24N2O/c1-12-14(18-10-8-17-9-11-18)7-6-13-4-3-5-15(19-2)16(12)13/h3-5,12,14,17H,6-11H2,1-2H3. The largest absolute Gasteiger partial charge is 0.496 e. The maximum absolute atomic E-state index is 5.59. The van der Waals surface area contributed by atoms with Gasteiger partial charge in [0.25, 0.3) is 0 Å². The van der Waals surface area contributed by atoms with Gasteiger partial charge < -0.3 is 10.1 Å². The van der Waals surface area contributed by atoms with E-state index in [-0.39, 0.29) is 0 Å². The molecule has 0 amide bonds. The van der Waals surface area contributed by atoms with Gasteiger partial charge in [-0.3, -0.25) is 4.90 Å². The monoisotopic (exact) mass is 260 g/mol. The summed E-state index contributed by atoms with van der Waals surface area (Å²) in [7, 11) is 1.79. The number of benzene rings is 1. The highest BCUT2D eigenvalue weighted by Gasteiger charge is 2.32. The summed E-state index contributed by atoms with van der Waals surface area (Å²) in [5, 5.41) is 3.44. The molecular weight excluding hydrogens is 236 g/mol. The van der Waals surface area contributed by atoms with Crippen molar-refractivity contribution >= 4 is 0 Å². The van der Waals surface area contributed by atoms with Crippen LogP contribution in [0.1, 0.15) is 30.4 Å². The fraction of sp³-hybridized carbons (Fsp3) is 0.625. The summed E-state index contributed by atoms with van der Waals surface area (Å²) in [6.07, 6.45) is 2.47. The Morgan fingerprint density at radius 2 is 2.05 bits per heavy atom. The van der Waals surface area contributed by atoms with Crippen LogP contribution in [-0.4, -0.2) is 44.2 Å². The molecule has 2 atom stereocenters. The van der Waals surface area contributed by atoms with Gasteiger partial charge in [-0.1, -0.05) is 19.1 Å². The first-order valence-corrected chi connectivity index (χ1v) is 7.42. The number of nitrogens with zero attached hydrogens (tertiary/aromatic N) is 1. The first-order chi connectivity index (χ1) is 9.31. The summed E-state index contributed by atoms with van der Waals surface area (Å²) in [5.41, 5.74) is 2.93. The van der Waals surface area contributed by atoms with Crippen LogP contribution >= 0.6 is 0 Å². The van der Waals surface area contributed by atoms with Gasteiger partial charge in [-0.2, -0.15) is 0 Å². The van der Waals surface area contributed by atoms with Crippen LogP contribution in [0.3, 0.4) is 0 Å². The molecule has 3 heteroatoms. The summed E-state index contributed by atoms with van der Waals surface area (Å²) in [5.74, 6) is 1.64. The molecule has 1 aliphatic carbocycles. The minimum Gasteiger partial charge on any atom is -0.496 e. The Labute approximate surface area is 115 Å². The van der Waals surface area contributed by atoms with Gasteiger partial charge in [0.05, 0.1) is 7.11 Å². The smallest absolute Gasteiger partial charge is 0.122 e. The average Bonchev–Trinajstić information content (AvgIpc) is 2.48. The lowest BCUT2D eigenvalue weighted by molar-refractivity contribution is 0.139. The summed E-state index contributed by atoms with van der Waals surface area (Å²) in [6.45, 7) is 6.98. The molecule has 1 heterocycles. The van der Waals surface area contributed by atoms with E-state index in [1.165, 1.54) is 37.1 Å². The quantitative estimate of drug-likeness (QED) is 0.880. The number of hydrogen-bond donors (Lipinski definition) is 1. The molecule has 0 radical (unpaired) electrons. The van der Waals surface area contributed by atoms with Crippen molar-refractivity contribution in [2.24, 2.45) is 0 Å². The van der Waals surface area contributed by atoms with E-state index in [0.29, 0.717) is 12.0 Å². The number of nitrogens with one attached hydrogen (secondary N) is 1. The molecule has 0 aromatic heterocycles. The predicted molar refractivity (Wildman–Crippen MR) is 78.0 cm³/mol. The van der Waals surface area contributed by atoms with Crippen LogP contribution in [0.15, 0.2) is 18.2 Å². The zero-order chi connectivity index (χ0) is 13.2. The second-order valence-corrected chi connectivity index (χ2v) is 5.71. The van der Waals surface area contributed by atoms with Gasteiger partial charge in [0.2, 0.25) is 0 Å². The number of methoxy groups -OCH3 is 1. The highest BCUT2D eigenvalue weighted by Crippen LogP contribution is 2.39. The highest BCUT2D eigenvalue weighted by molar-refractivity contribution is 5.45. The van der Waals surface area contributed by atoms with Crippen LogP contribution in [-0.2, 0) is 6.42 Å². The van der Waals surface area contributed by atoms with Gasteiger partial charge in [0.1, 0.15) is 5.75 Å². The zero-order valence-electron chi connectivity index (χ0n) is 12.0. The molecule has 0 bridgehead atoms. The van der Waals surface area contributed by atoms with Crippen molar-refractivity contribution in [2.75, 3.05) is 33.3 Å². The van der Waals surface area contributed by atoms with E-state index in [9.17, 15) is 0 Å². The number of ether oxygens (including phenoxy) is 1. The van der Waals surface area contributed by atoms with Crippen molar-refractivity contribution in [1.82, 2.24) is 10.2 Å². The van der Waals surface area contributed by atoms with E-state index in [2.05, 4.69) is 35.3 Å².